The number of hydrogen-bond acceptors (Lipinski definition) is 4. The molecule has 6 nitrogen and oxygen atoms in total. The van der Waals surface area contributed by atoms with Crippen LogP contribution in [-0.2, 0) is 26.0 Å². The van der Waals surface area contributed by atoms with Gasteiger partial charge in [-0.05, 0) is 36.6 Å². The lowest BCUT2D eigenvalue weighted by Gasteiger charge is -2.34. The minimum atomic E-state index is -3.69. The van der Waals surface area contributed by atoms with Crippen LogP contribution < -0.4 is 4.31 Å². The molecule has 3 rings (SSSR count). The van der Waals surface area contributed by atoms with Crippen LogP contribution in [0.5, 0.6) is 0 Å². The number of sulfonamides is 1. The van der Waals surface area contributed by atoms with Crippen LogP contribution in [0.3, 0.4) is 0 Å². The van der Waals surface area contributed by atoms with Crippen molar-refractivity contribution in [3.8, 4) is 0 Å². The summed E-state index contributed by atoms with van der Waals surface area (Å²) in [7, 11) is -3.69. The number of benzene rings is 1. The summed E-state index contributed by atoms with van der Waals surface area (Å²) in [5, 5.41) is 9.27. The molecule has 1 N–H and O–H groups in total. The van der Waals surface area contributed by atoms with Crippen LogP contribution in [0, 0.1) is 17.7 Å². The lowest BCUT2D eigenvalue weighted by atomic mass is 9.94. The van der Waals surface area contributed by atoms with E-state index in [1.807, 2.05) is 0 Å². The van der Waals surface area contributed by atoms with Crippen LogP contribution in [0.4, 0.5) is 10.1 Å². The maximum absolute atomic E-state index is 13.4. The third-order valence-electron chi connectivity index (χ3n) is 4.32. The summed E-state index contributed by atoms with van der Waals surface area (Å²) in [6.07, 6.45) is 0.798. The molecule has 0 radical (unpaired) electrons. The van der Waals surface area contributed by atoms with Crippen molar-refractivity contribution in [3.63, 3.8) is 0 Å². The molecule has 0 bridgehead atoms. The van der Waals surface area contributed by atoms with E-state index < -0.39 is 27.7 Å². The van der Waals surface area contributed by atoms with E-state index >= 15 is 0 Å². The zero-order valence-corrected chi connectivity index (χ0v) is 13.3. The highest BCUT2D eigenvalue weighted by Gasteiger charge is 2.37. The zero-order valence-electron chi connectivity index (χ0n) is 12.4. The van der Waals surface area contributed by atoms with Gasteiger partial charge in [-0.25, -0.2) is 12.8 Å². The molecule has 23 heavy (non-hydrogen) atoms. The second-order valence-electron chi connectivity index (χ2n) is 6.05. The number of anilines is 1. The highest BCUT2D eigenvalue weighted by Crippen LogP contribution is 2.33. The number of aliphatic carboxylic acids is 1. The van der Waals surface area contributed by atoms with Crippen molar-refractivity contribution >= 4 is 21.7 Å². The van der Waals surface area contributed by atoms with E-state index in [9.17, 15) is 22.7 Å². The van der Waals surface area contributed by atoms with Crippen molar-refractivity contribution < 1.29 is 27.4 Å². The fourth-order valence-electron chi connectivity index (χ4n) is 3.12. The minimum Gasteiger partial charge on any atom is -0.481 e. The highest BCUT2D eigenvalue weighted by molar-refractivity contribution is 7.92. The smallest absolute Gasteiger partial charge is 0.308 e. The third-order valence-corrected chi connectivity index (χ3v) is 6.23. The topological polar surface area (TPSA) is 83.9 Å². The highest BCUT2D eigenvalue weighted by atomic mass is 32.2. The molecule has 126 valence electrons. The number of fused-ring (bicyclic) bond motifs is 1. The summed E-state index contributed by atoms with van der Waals surface area (Å²) in [6, 6.07) is 3.82. The molecule has 8 heteroatoms. The molecule has 0 aromatic heterocycles. The first-order valence-electron chi connectivity index (χ1n) is 7.46. The first-order valence-corrected chi connectivity index (χ1v) is 9.07. The lowest BCUT2D eigenvalue weighted by molar-refractivity contribution is -0.141. The molecule has 0 saturated carbocycles. The van der Waals surface area contributed by atoms with Crippen LogP contribution in [0.15, 0.2) is 18.2 Å². The van der Waals surface area contributed by atoms with E-state index in [4.69, 9.17) is 4.74 Å². The van der Waals surface area contributed by atoms with Gasteiger partial charge >= 0.3 is 5.97 Å². The fraction of sp³-hybridized carbons (Fsp3) is 0.533. The number of nitrogens with zero attached hydrogens (tertiary/aromatic N) is 1. The Labute approximate surface area is 133 Å². The van der Waals surface area contributed by atoms with Gasteiger partial charge in [-0.1, -0.05) is 0 Å². The Morgan fingerprint density at radius 2 is 2.22 bits per heavy atom. The quantitative estimate of drug-likeness (QED) is 0.890. The van der Waals surface area contributed by atoms with E-state index in [0.717, 1.165) is 4.31 Å². The Hall–Kier alpha value is -1.67. The summed E-state index contributed by atoms with van der Waals surface area (Å²) < 4.78 is 45.3. The molecule has 2 atom stereocenters. The minimum absolute atomic E-state index is 0.0871. The molecule has 0 amide bonds. The number of ether oxygens (including phenoxy) is 1. The second-order valence-corrected chi connectivity index (χ2v) is 7.99. The van der Waals surface area contributed by atoms with Gasteiger partial charge in [0, 0.05) is 19.1 Å². The van der Waals surface area contributed by atoms with Crippen molar-refractivity contribution in [1.29, 1.82) is 0 Å². The van der Waals surface area contributed by atoms with Crippen LogP contribution >= 0.6 is 0 Å². The van der Waals surface area contributed by atoms with Crippen molar-refractivity contribution in [2.24, 2.45) is 11.8 Å². The van der Waals surface area contributed by atoms with Gasteiger partial charge in [0.25, 0.3) is 0 Å². The molecule has 2 aliphatic rings. The number of carbonyl (C=O) groups is 1. The van der Waals surface area contributed by atoms with Crippen LogP contribution in [0.2, 0.25) is 0 Å². The van der Waals surface area contributed by atoms with Gasteiger partial charge in [-0.3, -0.25) is 9.10 Å². The van der Waals surface area contributed by atoms with E-state index in [-0.39, 0.29) is 24.6 Å². The summed E-state index contributed by atoms with van der Waals surface area (Å²) in [5.74, 6) is -2.63. The van der Waals surface area contributed by atoms with Gasteiger partial charge in [0.05, 0.1) is 24.0 Å². The summed E-state index contributed by atoms with van der Waals surface area (Å²) >= 11 is 0. The number of carboxylic acid groups (broad SMARTS) is 1. The maximum atomic E-state index is 13.4. The van der Waals surface area contributed by atoms with Crippen LogP contribution in [0.1, 0.15) is 12.0 Å². The lowest BCUT2D eigenvalue weighted by Crippen LogP contribution is -2.44. The van der Waals surface area contributed by atoms with Gasteiger partial charge in [0.15, 0.2) is 0 Å². The van der Waals surface area contributed by atoms with E-state index in [2.05, 4.69) is 0 Å². The Morgan fingerprint density at radius 1 is 1.43 bits per heavy atom. The third kappa shape index (κ3) is 3.32. The molecule has 1 aromatic rings. The molecule has 2 heterocycles. The molecule has 2 aliphatic heterocycles. The molecular formula is C15H18FNO5S. The Balaban J connectivity index is 1.94. The van der Waals surface area contributed by atoms with Crippen LogP contribution in [-0.4, -0.2) is 45.0 Å². The average molecular weight is 343 g/mol. The van der Waals surface area contributed by atoms with Crippen molar-refractivity contribution in [3.05, 3.63) is 29.6 Å². The maximum Gasteiger partial charge on any atom is 0.308 e. The predicted octanol–water partition coefficient (Wildman–Crippen LogP) is 1.26. The zero-order chi connectivity index (χ0) is 16.6. The first kappa shape index (κ1) is 16.2. The molecule has 1 fully saturated rings. The Bertz CT molecular complexity index is 715. The monoisotopic (exact) mass is 343 g/mol. The van der Waals surface area contributed by atoms with Crippen molar-refractivity contribution in [1.82, 2.24) is 0 Å². The summed E-state index contributed by atoms with van der Waals surface area (Å²) in [4.78, 5) is 11.3. The SMILES string of the molecule is O=C(O)C1Cc2cc(F)ccc2N(S(=O)(=O)CC2CCOC2)C1. The predicted molar refractivity (Wildman–Crippen MR) is 81.3 cm³/mol. The van der Waals surface area contributed by atoms with Gasteiger partial charge in [-0.2, -0.15) is 0 Å². The molecule has 2 unspecified atom stereocenters. The van der Waals surface area contributed by atoms with Crippen molar-refractivity contribution in [2.45, 2.75) is 12.8 Å². The summed E-state index contributed by atoms with van der Waals surface area (Å²) in [6.45, 7) is 0.815. The normalized spacial score (nSPS) is 24.5. The first-order chi connectivity index (χ1) is 10.9. The van der Waals surface area contributed by atoms with Gasteiger partial charge in [0.2, 0.25) is 10.0 Å². The molecule has 0 aliphatic carbocycles. The van der Waals surface area contributed by atoms with E-state index in [1.165, 1.54) is 18.2 Å². The number of carboxylic acids is 1. The Kier molecular flexibility index (Phi) is 4.29. The summed E-state index contributed by atoms with van der Waals surface area (Å²) in [5.41, 5.74) is 0.790. The Morgan fingerprint density at radius 3 is 2.87 bits per heavy atom. The van der Waals surface area contributed by atoms with Gasteiger partial charge < -0.3 is 9.84 Å². The molecule has 0 spiro atoms. The molecule has 1 aromatic carbocycles. The average Bonchev–Trinajstić information content (AvgIpc) is 2.97. The standard InChI is InChI=1S/C15H18FNO5S/c16-13-1-2-14-11(6-13)5-12(15(18)19)7-17(14)23(20,21)9-10-3-4-22-8-10/h1-2,6,10,12H,3-5,7-9H2,(H,18,19). The van der Waals surface area contributed by atoms with E-state index in [1.54, 1.807) is 0 Å². The fourth-order valence-corrected chi connectivity index (χ4v) is 5.04. The van der Waals surface area contributed by atoms with Crippen molar-refractivity contribution in [2.75, 3.05) is 29.8 Å². The number of hydrogen-bond donors (Lipinski definition) is 1. The molecule has 1 saturated heterocycles. The number of halogens is 1. The van der Waals surface area contributed by atoms with E-state index in [0.29, 0.717) is 30.9 Å². The largest absolute Gasteiger partial charge is 0.481 e. The van der Waals surface area contributed by atoms with Crippen LogP contribution in [0.25, 0.3) is 0 Å². The number of rotatable bonds is 4. The second kappa shape index (κ2) is 6.09. The molecular weight excluding hydrogens is 325 g/mol. The van der Waals surface area contributed by atoms with Gasteiger partial charge in [-0.15, -0.1) is 0 Å². The van der Waals surface area contributed by atoms with Gasteiger partial charge in [0.1, 0.15) is 5.82 Å².